The van der Waals surface area contributed by atoms with E-state index >= 15 is 0 Å². The SMILES string of the molecule is CCC[CH2][Sn]([CH2]CCC)([CH2]CCC)[c]1ccc(C(=O)OC(=O)CC/C(=N/O)OC(=O)c2cc[c]([Sn]([CH2]CCC)([CH2]CCC)[CH2]CCC)cc2)cc1. The van der Waals surface area contributed by atoms with Gasteiger partial charge in [0.2, 0.25) is 0 Å². The van der Waals surface area contributed by atoms with Crippen molar-refractivity contribution in [2.75, 3.05) is 0 Å². The summed E-state index contributed by atoms with van der Waals surface area (Å²) in [5, 5.41) is 12.7. The van der Waals surface area contributed by atoms with Gasteiger partial charge in [-0.15, -0.1) is 0 Å². The van der Waals surface area contributed by atoms with Gasteiger partial charge in [-0.2, -0.15) is 0 Å². The van der Waals surface area contributed by atoms with Crippen molar-refractivity contribution in [3.8, 4) is 0 Å². The van der Waals surface area contributed by atoms with Crippen molar-refractivity contribution in [1.29, 1.82) is 0 Å². The molecule has 0 aliphatic carbocycles. The third-order valence-corrected chi connectivity index (χ3v) is 41.9. The number of ether oxygens (including phenoxy) is 2. The van der Waals surface area contributed by atoms with Gasteiger partial charge in [0.15, 0.2) is 0 Å². The number of carbonyl (C=O) groups excluding carboxylic acids is 3. The fraction of sp³-hybridized carbons (Fsp3) is 0.619. The second kappa shape index (κ2) is 25.2. The van der Waals surface area contributed by atoms with Gasteiger partial charge in [0, 0.05) is 0 Å². The van der Waals surface area contributed by atoms with Crippen LogP contribution >= 0.6 is 0 Å². The molecule has 0 heterocycles. The van der Waals surface area contributed by atoms with Crippen molar-refractivity contribution in [3.05, 3.63) is 59.7 Å². The van der Waals surface area contributed by atoms with Crippen LogP contribution in [-0.2, 0) is 14.3 Å². The van der Waals surface area contributed by atoms with E-state index < -0.39 is 54.7 Å². The van der Waals surface area contributed by atoms with Gasteiger partial charge in [0.1, 0.15) is 0 Å². The minimum atomic E-state index is -2.64. The number of unbranched alkanes of at least 4 members (excludes halogenated alkanes) is 6. The Morgan fingerprint density at radius 1 is 0.510 bits per heavy atom. The van der Waals surface area contributed by atoms with Crippen molar-refractivity contribution in [1.82, 2.24) is 0 Å². The zero-order chi connectivity index (χ0) is 37.5. The van der Waals surface area contributed by atoms with Gasteiger partial charge in [-0.25, -0.2) is 0 Å². The fourth-order valence-corrected chi connectivity index (χ4v) is 39.2. The molecule has 0 bridgehead atoms. The van der Waals surface area contributed by atoms with Gasteiger partial charge in [-0.1, -0.05) is 0 Å². The van der Waals surface area contributed by atoms with Crippen LogP contribution in [0.2, 0.25) is 26.6 Å². The Morgan fingerprint density at radius 2 is 0.824 bits per heavy atom. The average Bonchev–Trinajstić information content (AvgIpc) is 3.16. The molecule has 0 radical (unpaired) electrons. The number of rotatable bonds is 25. The van der Waals surface area contributed by atoms with Gasteiger partial charge >= 0.3 is 320 Å². The van der Waals surface area contributed by atoms with E-state index in [-0.39, 0.29) is 18.7 Å². The minimum absolute atomic E-state index is 0.181. The molecule has 7 nitrogen and oxygen atoms in total. The van der Waals surface area contributed by atoms with Crippen LogP contribution in [0.4, 0.5) is 0 Å². The molecule has 284 valence electrons. The van der Waals surface area contributed by atoms with Crippen LogP contribution in [0, 0.1) is 0 Å². The summed E-state index contributed by atoms with van der Waals surface area (Å²) in [5.74, 6) is -2.42. The zero-order valence-electron chi connectivity index (χ0n) is 32.7. The first kappa shape index (κ1) is 45.3. The Bertz CT molecular complexity index is 1300. The third kappa shape index (κ3) is 14.8. The van der Waals surface area contributed by atoms with E-state index in [0.717, 1.165) is 0 Å². The summed E-state index contributed by atoms with van der Waals surface area (Å²) in [5.41, 5.74) is 0.711. The van der Waals surface area contributed by atoms with Gasteiger partial charge in [0.25, 0.3) is 0 Å². The van der Waals surface area contributed by atoms with Crippen LogP contribution in [0.25, 0.3) is 0 Å². The summed E-state index contributed by atoms with van der Waals surface area (Å²) in [4.78, 5) is 38.5. The molecule has 0 atom stereocenters. The van der Waals surface area contributed by atoms with E-state index in [1.54, 1.807) is 12.1 Å². The quantitative estimate of drug-likeness (QED) is 0.0202. The van der Waals surface area contributed by atoms with Crippen molar-refractivity contribution in [2.45, 2.75) is 158 Å². The molecule has 0 spiro atoms. The standard InChI is InChI=1S/C18H13NO6.6C4H9.2Sn/c20-16(25-18(22)14-9-5-2-6-10-14)12-11-15(19-23)24-17(21)13-7-3-1-4-8-13;6*1-3-4-2;;/h3-10,23H,11-12H2;6*1,3-4H2,2H3;;/b19-15-;;;;;;;;. The monoisotopic (exact) mass is 921 g/mol. The van der Waals surface area contributed by atoms with Gasteiger partial charge in [0.05, 0.1) is 0 Å². The Hall–Kier alpha value is -1.88. The van der Waals surface area contributed by atoms with E-state index in [1.807, 2.05) is 12.1 Å². The molecule has 2 aromatic carbocycles. The number of esters is 3. The first-order chi connectivity index (χ1) is 24.7. The van der Waals surface area contributed by atoms with E-state index in [9.17, 15) is 19.6 Å². The molecular weight excluding hydrogens is 852 g/mol. The normalized spacial score (nSPS) is 12.2. The molecule has 2 aromatic rings. The number of benzene rings is 2. The van der Waals surface area contributed by atoms with E-state index in [4.69, 9.17) is 9.47 Å². The molecule has 9 heteroatoms. The molecule has 0 aromatic heterocycles. The van der Waals surface area contributed by atoms with Crippen molar-refractivity contribution < 1.29 is 29.1 Å². The number of oxime groups is 1. The summed E-state index contributed by atoms with van der Waals surface area (Å²) in [6, 6.07) is 15.8. The predicted octanol–water partition coefficient (Wildman–Crippen LogP) is 10.9. The third-order valence-electron chi connectivity index (χ3n) is 10.6. The summed E-state index contributed by atoms with van der Waals surface area (Å²) in [6.45, 7) is 13.5. The first-order valence-corrected chi connectivity index (χ1v) is 35.0. The number of carbonyl (C=O) groups is 3. The molecule has 0 fully saturated rings. The summed E-state index contributed by atoms with van der Waals surface area (Å²) in [7, 11) is 0. The Balaban J connectivity index is 2.04. The van der Waals surface area contributed by atoms with Crippen LogP contribution in [-0.4, -0.2) is 65.8 Å². The van der Waals surface area contributed by atoms with E-state index in [2.05, 4.69) is 71.0 Å². The van der Waals surface area contributed by atoms with Crippen molar-refractivity contribution in [2.24, 2.45) is 5.16 Å². The van der Waals surface area contributed by atoms with Crippen molar-refractivity contribution in [3.63, 3.8) is 0 Å². The molecule has 0 saturated heterocycles. The van der Waals surface area contributed by atoms with E-state index in [0.29, 0.717) is 11.1 Å². The number of hydrogen-bond donors (Lipinski definition) is 1. The van der Waals surface area contributed by atoms with Gasteiger partial charge < -0.3 is 0 Å². The molecule has 2 rings (SSSR count). The van der Waals surface area contributed by atoms with Crippen LogP contribution in [0.1, 0.15) is 152 Å². The molecule has 1 N–H and O–H groups in total. The molecule has 0 aliphatic rings. The van der Waals surface area contributed by atoms with E-state index in [1.165, 1.54) is 111 Å². The number of hydrogen-bond acceptors (Lipinski definition) is 7. The summed E-state index contributed by atoms with van der Waals surface area (Å²) < 4.78 is 21.4. The average molecular weight is 919 g/mol. The molecular formula is C42H67NO6Sn2. The zero-order valence-corrected chi connectivity index (χ0v) is 38.4. The van der Waals surface area contributed by atoms with Crippen LogP contribution in [0.3, 0.4) is 0 Å². The van der Waals surface area contributed by atoms with Crippen LogP contribution < -0.4 is 7.16 Å². The maximum absolute atomic E-state index is 13.0. The first-order valence-electron chi connectivity index (χ1n) is 20.1. The van der Waals surface area contributed by atoms with Crippen molar-refractivity contribution >= 4 is 67.7 Å². The molecule has 0 amide bonds. The topological polar surface area (TPSA) is 102 Å². The number of nitrogens with zero attached hydrogens (tertiary/aromatic N) is 1. The maximum atomic E-state index is 13.0. The van der Waals surface area contributed by atoms with Crippen LogP contribution in [0.5, 0.6) is 0 Å². The fourth-order valence-electron chi connectivity index (χ4n) is 7.34. The molecule has 51 heavy (non-hydrogen) atoms. The Kier molecular flexibility index (Phi) is 22.4. The molecule has 0 saturated carbocycles. The van der Waals surface area contributed by atoms with Gasteiger partial charge in [-0.05, 0) is 0 Å². The predicted molar refractivity (Wildman–Crippen MR) is 216 cm³/mol. The Morgan fingerprint density at radius 3 is 1.12 bits per heavy atom. The second-order valence-corrected chi connectivity index (χ2v) is 41.0. The summed E-state index contributed by atoms with van der Waals surface area (Å²) in [6.07, 6.45) is 14.2. The van der Waals surface area contributed by atoms with Crippen LogP contribution in [0.15, 0.2) is 53.7 Å². The summed E-state index contributed by atoms with van der Waals surface area (Å²) >= 11 is -5.27. The molecule has 0 unspecified atom stereocenters. The van der Waals surface area contributed by atoms with Gasteiger partial charge in [-0.3, -0.25) is 0 Å². The molecule has 0 aliphatic heterocycles. The Labute approximate surface area is 317 Å². The second-order valence-electron chi connectivity index (χ2n) is 14.5.